The number of hydrogen-bond donors (Lipinski definition) is 1. The van der Waals surface area contributed by atoms with Gasteiger partial charge < -0.3 is 19.1 Å². The van der Waals surface area contributed by atoms with Gasteiger partial charge in [-0.2, -0.15) is 17.6 Å². The maximum absolute atomic E-state index is 16.7. The summed E-state index contributed by atoms with van der Waals surface area (Å²) in [6, 6.07) is 24.3. The van der Waals surface area contributed by atoms with E-state index in [2.05, 4.69) is 20.5 Å². The lowest BCUT2D eigenvalue weighted by Crippen LogP contribution is -2.40. The third kappa shape index (κ3) is 13.4. The molecule has 0 spiro atoms. The van der Waals surface area contributed by atoms with E-state index in [4.69, 9.17) is 23.3 Å². The normalized spacial score (nSPS) is 14.6. The lowest BCUT2D eigenvalue weighted by atomic mass is 9.67. The molecule has 1 N–H and O–H groups in total. The summed E-state index contributed by atoms with van der Waals surface area (Å²) < 4.78 is 120. The van der Waals surface area contributed by atoms with Crippen molar-refractivity contribution in [3.8, 4) is 0 Å². The molecule has 2 unspecified atom stereocenters. The zero-order chi connectivity index (χ0) is 51.1. The van der Waals surface area contributed by atoms with E-state index in [1.807, 2.05) is 0 Å². The molecule has 20 heteroatoms. The standard InChI is InChI=1S/C48H55BrF4O13P2/c1-43(2,3)40(55)61-29-64-67(58,59)47(50,51)36-23-20-32(21-24-36)27-46(35-18-14-11-15-19-35,39(54)34-16-12-10-13-17-34)28-33-22-25-37(38(49)26-33)48(52,53)68(60,65-30-62-41(56)44(4,5)6)66-31-63-42(57)45(7,8)9/h10-26H,27-31H2,1-9H3,(H,58,59). The molecule has 2 atom stereocenters. The van der Waals surface area contributed by atoms with E-state index in [1.54, 1.807) is 60.7 Å². The van der Waals surface area contributed by atoms with Gasteiger partial charge in [0.05, 0.1) is 21.7 Å². The van der Waals surface area contributed by atoms with Gasteiger partial charge in [0.2, 0.25) is 20.4 Å². The second-order valence-electron chi connectivity index (χ2n) is 18.9. The predicted octanol–water partition coefficient (Wildman–Crippen LogP) is 12.2. The highest BCUT2D eigenvalue weighted by Gasteiger charge is 2.57. The Morgan fingerprint density at radius 3 is 1.40 bits per heavy atom. The first-order chi connectivity index (χ1) is 31.3. The molecule has 0 heterocycles. The van der Waals surface area contributed by atoms with E-state index in [-0.39, 0.29) is 28.4 Å². The molecule has 4 aromatic rings. The molecule has 68 heavy (non-hydrogen) atoms. The molecular formula is C48H55BrF4O13P2. The van der Waals surface area contributed by atoms with Crippen LogP contribution in [0, 0.1) is 16.2 Å². The molecule has 4 aromatic carbocycles. The summed E-state index contributed by atoms with van der Waals surface area (Å²) in [4.78, 5) is 62.2. The van der Waals surface area contributed by atoms with Crippen LogP contribution in [0.2, 0.25) is 0 Å². The van der Waals surface area contributed by atoms with Gasteiger partial charge in [-0.05, 0) is 97.9 Å². The lowest BCUT2D eigenvalue weighted by Gasteiger charge is -2.34. The number of ether oxygens (including phenoxy) is 3. The van der Waals surface area contributed by atoms with Crippen molar-refractivity contribution < 1.29 is 78.5 Å². The number of benzene rings is 4. The van der Waals surface area contributed by atoms with Gasteiger partial charge in [-0.15, -0.1) is 0 Å². The van der Waals surface area contributed by atoms with E-state index < -0.39 is 103 Å². The SMILES string of the molecule is CC(C)(C)C(=O)OCOP(=O)(O)C(F)(F)c1ccc(CC(Cc2ccc(C(F)(F)P(=O)(OCOC(=O)C(C)(C)C)OCOC(=O)C(C)(C)C)c(Br)c2)(C(=O)c2ccccc2)c2ccccc2)cc1. The van der Waals surface area contributed by atoms with Crippen LogP contribution in [-0.4, -0.2) is 49.0 Å². The zero-order valence-electron chi connectivity index (χ0n) is 39.0. The van der Waals surface area contributed by atoms with Crippen LogP contribution in [0.1, 0.15) is 100 Å². The molecule has 0 aliphatic heterocycles. The number of rotatable bonds is 20. The molecule has 0 aliphatic rings. The molecule has 13 nitrogen and oxygen atoms in total. The van der Waals surface area contributed by atoms with Crippen LogP contribution in [0.5, 0.6) is 0 Å². The third-order valence-electron chi connectivity index (χ3n) is 10.2. The molecule has 0 fully saturated rings. The Balaban J connectivity index is 1.77. The summed E-state index contributed by atoms with van der Waals surface area (Å²) in [5.41, 5.74) is -14.3. The van der Waals surface area contributed by atoms with E-state index in [1.165, 1.54) is 86.6 Å². The van der Waals surface area contributed by atoms with Crippen molar-refractivity contribution in [2.24, 2.45) is 16.2 Å². The van der Waals surface area contributed by atoms with Crippen molar-refractivity contribution >= 4 is 54.8 Å². The van der Waals surface area contributed by atoms with Gasteiger partial charge in [-0.1, -0.05) is 113 Å². The van der Waals surface area contributed by atoms with Gasteiger partial charge >= 0.3 is 44.4 Å². The maximum Gasteiger partial charge on any atom is 0.410 e. The van der Waals surface area contributed by atoms with E-state index in [0.29, 0.717) is 11.1 Å². The first kappa shape index (κ1) is 56.1. The largest absolute Gasteiger partial charge is 0.438 e. The monoisotopic (exact) mass is 1060 g/mol. The molecule has 0 bridgehead atoms. The second kappa shape index (κ2) is 21.6. The summed E-state index contributed by atoms with van der Waals surface area (Å²) in [6.07, 6.45) is -0.379. The van der Waals surface area contributed by atoms with Crippen LogP contribution in [0.15, 0.2) is 108 Å². The Morgan fingerprint density at radius 1 is 0.544 bits per heavy atom. The van der Waals surface area contributed by atoms with Crippen LogP contribution in [0.25, 0.3) is 0 Å². The van der Waals surface area contributed by atoms with E-state index in [9.17, 15) is 33.2 Å². The number of carbonyl (C=O) groups is 4. The first-order valence-corrected chi connectivity index (χ1v) is 24.9. The first-order valence-electron chi connectivity index (χ1n) is 21.0. The average Bonchev–Trinajstić information content (AvgIpc) is 3.25. The van der Waals surface area contributed by atoms with Gasteiger partial charge in [-0.3, -0.25) is 41.9 Å². The van der Waals surface area contributed by atoms with Crippen LogP contribution < -0.4 is 0 Å². The highest BCUT2D eigenvalue weighted by molar-refractivity contribution is 9.10. The minimum atomic E-state index is -5.79. The molecule has 0 aromatic heterocycles. The minimum absolute atomic E-state index is 0.181. The number of ketones is 1. The number of esters is 3. The molecule has 4 rings (SSSR count). The topological polar surface area (TPSA) is 178 Å². The van der Waals surface area contributed by atoms with E-state index in [0.717, 1.165) is 18.2 Å². The quantitative estimate of drug-likeness (QED) is 0.0221. The smallest absolute Gasteiger partial charge is 0.410 e. The Morgan fingerprint density at radius 2 is 0.956 bits per heavy atom. The summed E-state index contributed by atoms with van der Waals surface area (Å²) in [5, 5.41) is 0. The van der Waals surface area contributed by atoms with E-state index >= 15 is 17.6 Å². The number of hydrogen-bond acceptors (Lipinski definition) is 12. The van der Waals surface area contributed by atoms with Crippen molar-refractivity contribution in [1.29, 1.82) is 0 Å². The van der Waals surface area contributed by atoms with Crippen molar-refractivity contribution in [2.45, 2.75) is 91.9 Å². The van der Waals surface area contributed by atoms with Gasteiger partial charge in [0.15, 0.2) is 5.78 Å². The Labute approximate surface area is 401 Å². The molecule has 370 valence electrons. The van der Waals surface area contributed by atoms with Crippen LogP contribution >= 0.6 is 31.1 Å². The van der Waals surface area contributed by atoms with Gasteiger partial charge in [-0.25, -0.2) is 0 Å². The average molecular weight is 1060 g/mol. The second-order valence-corrected chi connectivity index (χ2v) is 23.7. The number of alkyl halides is 4. The number of halogens is 5. The highest BCUT2D eigenvalue weighted by atomic mass is 79.9. The van der Waals surface area contributed by atoms with Gasteiger partial charge in [0.1, 0.15) is 0 Å². The molecular weight excluding hydrogens is 1000 g/mol. The van der Waals surface area contributed by atoms with Crippen molar-refractivity contribution in [3.63, 3.8) is 0 Å². The number of Topliss-reactive ketones (excluding diaryl/α,β-unsaturated/α-hetero) is 1. The fraction of sp³-hybridized carbons (Fsp3) is 0.417. The fourth-order valence-electron chi connectivity index (χ4n) is 6.30. The van der Waals surface area contributed by atoms with Crippen LogP contribution in [-0.2, 0) is 80.9 Å². The Hall–Kier alpha value is -4.54. The van der Waals surface area contributed by atoms with Crippen LogP contribution in [0.3, 0.4) is 0 Å². The summed E-state index contributed by atoms with van der Waals surface area (Å²) in [5.74, 6) is -3.02. The number of carbonyl (C=O) groups excluding carboxylic acids is 4. The zero-order valence-corrected chi connectivity index (χ0v) is 42.4. The highest BCUT2D eigenvalue weighted by Crippen LogP contribution is 2.68. The predicted molar refractivity (Wildman–Crippen MR) is 247 cm³/mol. The molecule has 0 aliphatic carbocycles. The van der Waals surface area contributed by atoms with Gasteiger partial charge in [0.25, 0.3) is 0 Å². The summed E-state index contributed by atoms with van der Waals surface area (Å²) in [7, 11) is -11.5. The lowest BCUT2D eigenvalue weighted by molar-refractivity contribution is -0.164. The minimum Gasteiger partial charge on any atom is -0.438 e. The van der Waals surface area contributed by atoms with Crippen molar-refractivity contribution in [3.05, 3.63) is 141 Å². The molecule has 0 saturated carbocycles. The molecule has 0 saturated heterocycles. The Kier molecular flexibility index (Phi) is 17.8. The van der Waals surface area contributed by atoms with Crippen molar-refractivity contribution in [1.82, 2.24) is 0 Å². The Bertz CT molecular complexity index is 2490. The van der Waals surface area contributed by atoms with Crippen molar-refractivity contribution in [2.75, 3.05) is 20.4 Å². The maximum atomic E-state index is 16.7. The molecule has 0 amide bonds. The van der Waals surface area contributed by atoms with Crippen LogP contribution in [0.4, 0.5) is 17.6 Å². The fourth-order valence-corrected chi connectivity index (χ4v) is 9.24. The molecule has 0 radical (unpaired) electrons. The summed E-state index contributed by atoms with van der Waals surface area (Å²) in [6.45, 7) is 9.81. The van der Waals surface area contributed by atoms with Gasteiger partial charge in [0, 0.05) is 21.2 Å². The third-order valence-corrected chi connectivity index (χ3v) is 14.1. The summed E-state index contributed by atoms with van der Waals surface area (Å²) >= 11 is 3.18.